The van der Waals surface area contributed by atoms with Gasteiger partial charge in [0.1, 0.15) is 10.8 Å². The number of fused-ring (bicyclic) bond motifs is 1. The van der Waals surface area contributed by atoms with Crippen LogP contribution in [-0.4, -0.2) is 28.1 Å². The van der Waals surface area contributed by atoms with Gasteiger partial charge in [-0.2, -0.15) is 0 Å². The summed E-state index contributed by atoms with van der Waals surface area (Å²) in [6, 6.07) is 14.9. The van der Waals surface area contributed by atoms with Crippen molar-refractivity contribution < 1.29 is 9.18 Å². The largest absolute Gasteiger partial charge is 0.333 e. The fourth-order valence-corrected chi connectivity index (χ4v) is 5.47. The van der Waals surface area contributed by atoms with Gasteiger partial charge in [0.15, 0.2) is 0 Å². The Morgan fingerprint density at radius 3 is 2.85 bits per heavy atom. The minimum absolute atomic E-state index is 0.0714. The third-order valence-electron chi connectivity index (χ3n) is 4.83. The fraction of sp³-hybridized carbons (Fsp3) is 0.333. The molecule has 0 aliphatic carbocycles. The number of benzene rings is 2. The van der Waals surface area contributed by atoms with E-state index in [2.05, 4.69) is 6.07 Å². The fourth-order valence-electron chi connectivity index (χ4n) is 3.47. The first-order valence-corrected chi connectivity index (χ1v) is 11.0. The minimum Gasteiger partial charge on any atom is -0.333 e. The lowest BCUT2D eigenvalue weighted by Gasteiger charge is -2.34. The summed E-state index contributed by atoms with van der Waals surface area (Å²) in [7, 11) is 0. The maximum Gasteiger partial charge on any atom is 0.224 e. The van der Waals surface area contributed by atoms with Crippen molar-refractivity contribution in [2.24, 2.45) is 0 Å². The molecule has 1 atom stereocenters. The summed E-state index contributed by atoms with van der Waals surface area (Å²) < 4.78 is 14.9. The molecule has 0 saturated carbocycles. The molecule has 4 rings (SSSR count). The molecule has 6 heteroatoms. The molecule has 0 spiro atoms. The van der Waals surface area contributed by atoms with Gasteiger partial charge in [-0.1, -0.05) is 24.3 Å². The molecule has 1 unspecified atom stereocenters. The second kappa shape index (κ2) is 8.40. The molecular weight excluding hydrogens is 379 g/mol. The molecule has 0 radical (unpaired) electrons. The normalized spacial score (nSPS) is 17.4. The molecule has 0 N–H and O–H groups in total. The van der Waals surface area contributed by atoms with Gasteiger partial charge in [-0.3, -0.25) is 4.79 Å². The zero-order valence-corrected chi connectivity index (χ0v) is 16.6. The molecule has 1 saturated heterocycles. The number of thioether (sulfide) groups is 1. The van der Waals surface area contributed by atoms with Gasteiger partial charge in [0.25, 0.3) is 0 Å². The van der Waals surface area contributed by atoms with Gasteiger partial charge in [0.2, 0.25) is 5.91 Å². The zero-order valence-electron chi connectivity index (χ0n) is 14.9. The summed E-state index contributed by atoms with van der Waals surface area (Å²) >= 11 is 3.09. The van der Waals surface area contributed by atoms with E-state index in [-0.39, 0.29) is 17.8 Å². The quantitative estimate of drug-likeness (QED) is 0.517. The number of rotatable bonds is 5. The first-order valence-electron chi connectivity index (χ1n) is 9.24. The van der Waals surface area contributed by atoms with Crippen LogP contribution in [0.5, 0.6) is 0 Å². The molecule has 1 amide bonds. The number of para-hydroxylation sites is 1. The van der Waals surface area contributed by atoms with Crippen molar-refractivity contribution in [2.45, 2.75) is 36.6 Å². The Morgan fingerprint density at radius 2 is 2.00 bits per heavy atom. The molecule has 2 heterocycles. The molecule has 140 valence electrons. The Kier molecular flexibility index (Phi) is 5.74. The highest BCUT2D eigenvalue weighted by Crippen LogP contribution is 2.36. The molecule has 0 bridgehead atoms. The minimum atomic E-state index is -0.222. The average molecular weight is 401 g/mol. The molecule has 1 fully saturated rings. The Bertz CT molecular complexity index is 910. The van der Waals surface area contributed by atoms with Crippen molar-refractivity contribution in [3.63, 3.8) is 0 Å². The summed E-state index contributed by atoms with van der Waals surface area (Å²) in [6.07, 6.45) is 3.54. The van der Waals surface area contributed by atoms with Gasteiger partial charge in [0, 0.05) is 23.6 Å². The monoisotopic (exact) mass is 400 g/mol. The lowest BCUT2D eigenvalue weighted by atomic mass is 10.0. The van der Waals surface area contributed by atoms with E-state index < -0.39 is 0 Å². The van der Waals surface area contributed by atoms with Gasteiger partial charge in [-0.05, 0) is 43.5 Å². The van der Waals surface area contributed by atoms with Crippen LogP contribution in [0.25, 0.3) is 10.2 Å². The number of nitrogens with zero attached hydrogens (tertiary/aromatic N) is 2. The van der Waals surface area contributed by atoms with Crippen LogP contribution in [0.1, 0.15) is 36.7 Å². The van der Waals surface area contributed by atoms with Crippen LogP contribution in [0, 0.1) is 5.82 Å². The van der Waals surface area contributed by atoms with Gasteiger partial charge >= 0.3 is 0 Å². The number of carbonyl (C=O) groups is 1. The van der Waals surface area contributed by atoms with Crippen molar-refractivity contribution >= 4 is 39.2 Å². The average Bonchev–Trinajstić information content (AvgIpc) is 3.13. The standard InChI is InChI=1S/C21H21FN2OS2/c22-15-7-1-3-10-18(15)26-14-12-20(25)24-13-6-5-9-17(24)21-23-16-8-2-4-11-19(16)27-21/h1-4,7-8,10-11,17H,5-6,9,12-14H2. The Labute approximate surface area is 166 Å². The second-order valence-corrected chi connectivity index (χ2v) is 8.85. The van der Waals surface area contributed by atoms with Crippen molar-refractivity contribution in [2.75, 3.05) is 12.3 Å². The number of amides is 1. The van der Waals surface area contributed by atoms with Crippen LogP contribution in [-0.2, 0) is 4.79 Å². The molecule has 1 aliphatic heterocycles. The molecular formula is C21H21FN2OS2. The first kappa shape index (κ1) is 18.4. The van der Waals surface area contributed by atoms with Crippen LogP contribution < -0.4 is 0 Å². The maximum absolute atomic E-state index is 13.7. The number of thiazole rings is 1. The van der Waals surface area contributed by atoms with Crippen molar-refractivity contribution in [3.05, 3.63) is 59.4 Å². The highest BCUT2D eigenvalue weighted by Gasteiger charge is 2.30. The number of hydrogen-bond acceptors (Lipinski definition) is 4. The highest BCUT2D eigenvalue weighted by molar-refractivity contribution is 7.99. The smallest absolute Gasteiger partial charge is 0.224 e. The molecule has 3 nitrogen and oxygen atoms in total. The number of hydrogen-bond donors (Lipinski definition) is 0. The third kappa shape index (κ3) is 4.17. The van der Waals surface area contributed by atoms with Crippen molar-refractivity contribution in [1.29, 1.82) is 0 Å². The summed E-state index contributed by atoms with van der Waals surface area (Å²) in [5.74, 6) is 0.506. The molecule has 2 aromatic carbocycles. The maximum atomic E-state index is 13.7. The van der Waals surface area contributed by atoms with Crippen LogP contribution in [0.4, 0.5) is 4.39 Å². The predicted molar refractivity (Wildman–Crippen MR) is 110 cm³/mol. The van der Waals surface area contributed by atoms with Crippen LogP contribution in [0.3, 0.4) is 0 Å². The van der Waals surface area contributed by atoms with Gasteiger partial charge < -0.3 is 4.90 Å². The number of piperidine rings is 1. The van der Waals surface area contributed by atoms with E-state index in [9.17, 15) is 9.18 Å². The third-order valence-corrected chi connectivity index (χ3v) is 7.02. The predicted octanol–water partition coefficient (Wildman–Crippen LogP) is 5.67. The Morgan fingerprint density at radius 1 is 1.19 bits per heavy atom. The van der Waals surface area contributed by atoms with E-state index >= 15 is 0 Å². The number of likely N-dealkylation sites (tertiary alicyclic amines) is 1. The Hall–Kier alpha value is -1.92. The van der Waals surface area contributed by atoms with Crippen LogP contribution in [0.15, 0.2) is 53.4 Å². The summed E-state index contributed by atoms with van der Waals surface area (Å²) in [6.45, 7) is 0.782. The van der Waals surface area contributed by atoms with E-state index in [0.29, 0.717) is 17.1 Å². The second-order valence-electron chi connectivity index (χ2n) is 6.65. The summed E-state index contributed by atoms with van der Waals surface area (Å²) in [4.78, 5) is 20.2. The lowest BCUT2D eigenvalue weighted by Crippen LogP contribution is -2.38. The van der Waals surface area contributed by atoms with E-state index in [4.69, 9.17) is 4.98 Å². The first-order chi connectivity index (χ1) is 13.2. The van der Waals surface area contributed by atoms with Gasteiger partial charge in [0.05, 0.1) is 16.3 Å². The SMILES string of the molecule is O=C(CCSc1ccccc1F)N1CCCCC1c1nc2ccccc2s1. The zero-order chi connectivity index (χ0) is 18.6. The van der Waals surface area contributed by atoms with E-state index in [1.54, 1.807) is 23.5 Å². The molecule has 1 aromatic heterocycles. The Balaban J connectivity index is 1.43. The highest BCUT2D eigenvalue weighted by atomic mass is 32.2. The molecule has 1 aliphatic rings. The van der Waals surface area contributed by atoms with Gasteiger partial charge in [-0.15, -0.1) is 23.1 Å². The number of halogens is 1. The summed E-state index contributed by atoms with van der Waals surface area (Å²) in [5.41, 5.74) is 1.01. The van der Waals surface area contributed by atoms with E-state index in [1.165, 1.54) is 22.5 Å². The van der Waals surface area contributed by atoms with Crippen LogP contribution in [0.2, 0.25) is 0 Å². The van der Waals surface area contributed by atoms with Gasteiger partial charge in [-0.25, -0.2) is 9.37 Å². The van der Waals surface area contributed by atoms with E-state index in [1.807, 2.05) is 29.2 Å². The number of aromatic nitrogens is 1. The molecule has 3 aromatic rings. The van der Waals surface area contributed by atoms with Crippen molar-refractivity contribution in [3.8, 4) is 0 Å². The number of carbonyl (C=O) groups excluding carboxylic acids is 1. The van der Waals surface area contributed by atoms with E-state index in [0.717, 1.165) is 36.3 Å². The molecule has 27 heavy (non-hydrogen) atoms. The summed E-state index contributed by atoms with van der Waals surface area (Å²) in [5, 5.41) is 1.03. The topological polar surface area (TPSA) is 33.2 Å². The van der Waals surface area contributed by atoms with Crippen LogP contribution >= 0.6 is 23.1 Å². The lowest BCUT2D eigenvalue weighted by molar-refractivity contribution is -0.134. The van der Waals surface area contributed by atoms with Crippen molar-refractivity contribution in [1.82, 2.24) is 9.88 Å².